The summed E-state index contributed by atoms with van der Waals surface area (Å²) in [6.07, 6.45) is 3.83. The molecule has 0 atom stereocenters. The van der Waals surface area contributed by atoms with E-state index in [1.165, 1.54) is 19.3 Å². The molecule has 0 aromatic carbocycles. The molecule has 0 fully saturated rings. The van der Waals surface area contributed by atoms with E-state index in [-0.39, 0.29) is 0 Å². The Kier molecular flexibility index (Phi) is 9.22. The topological polar surface area (TPSA) is 108 Å². The van der Waals surface area contributed by atoms with Crippen LogP contribution in [0.25, 0.3) is 4.13 Å². The van der Waals surface area contributed by atoms with E-state index >= 15 is 0 Å². The molecular weight excluding hydrogens is 392 g/mol. The van der Waals surface area contributed by atoms with Crippen molar-refractivity contribution in [2.75, 3.05) is 20.6 Å². The van der Waals surface area contributed by atoms with Crippen LogP contribution in [0.15, 0.2) is 0 Å². The van der Waals surface area contributed by atoms with Gasteiger partial charge in [0.25, 0.3) is 0 Å². The number of hydrogen-bond donors (Lipinski definition) is 1. The number of nitrogens with zero attached hydrogens (tertiary/aromatic N) is 2. The Hall–Kier alpha value is -0.640. The van der Waals surface area contributed by atoms with E-state index in [1.807, 2.05) is 14.1 Å². The quantitative estimate of drug-likeness (QED) is 0.237. The van der Waals surface area contributed by atoms with Gasteiger partial charge in [-0.05, 0) is 12.8 Å². The number of alkyl halides is 6. The lowest BCUT2D eigenvalue weighted by atomic mass is 10.2. The van der Waals surface area contributed by atoms with Crippen molar-refractivity contribution >= 4 is 20.0 Å². The Morgan fingerprint density at radius 1 is 0.875 bits per heavy atom. The average Bonchev–Trinajstić information content (AvgIpc) is 2.23. The van der Waals surface area contributed by atoms with Gasteiger partial charge >= 0.3 is 11.0 Å². The van der Waals surface area contributed by atoms with Gasteiger partial charge in [0.1, 0.15) is 0 Å². The zero-order valence-corrected chi connectivity index (χ0v) is 14.7. The fraction of sp³-hybridized carbons (Fsp3) is 1.00. The summed E-state index contributed by atoms with van der Waals surface area (Å²) in [6.45, 7) is 3.30. The van der Waals surface area contributed by atoms with Gasteiger partial charge in [0.2, 0.25) is 0 Å². The minimum absolute atomic E-state index is 0.611. The summed E-state index contributed by atoms with van der Waals surface area (Å²) in [5.41, 5.74) is -12.4. The van der Waals surface area contributed by atoms with Gasteiger partial charge in [-0.1, -0.05) is 13.3 Å². The number of unbranched alkanes of at least 4 members (excludes halogenated alkanes) is 2. The summed E-state index contributed by atoms with van der Waals surface area (Å²) >= 11 is 0. The smallest absolute Gasteiger partial charge is 0.421 e. The van der Waals surface area contributed by atoms with Gasteiger partial charge in [-0.15, -0.1) is 0 Å². The van der Waals surface area contributed by atoms with Crippen LogP contribution in [0.4, 0.5) is 26.3 Å². The van der Waals surface area contributed by atoms with Crippen molar-refractivity contribution in [1.82, 2.24) is 0 Å². The lowest BCUT2D eigenvalue weighted by Crippen LogP contribution is -2.47. The zero-order chi connectivity index (χ0) is 20.0. The van der Waals surface area contributed by atoms with E-state index in [0.29, 0.717) is 4.59 Å². The van der Waals surface area contributed by atoms with Crippen molar-refractivity contribution in [2.24, 2.45) is 5.84 Å². The Morgan fingerprint density at radius 3 is 1.42 bits per heavy atom. The van der Waals surface area contributed by atoms with E-state index in [4.69, 9.17) is 5.84 Å². The largest absolute Gasteiger partial charge is 0.480 e. The third kappa shape index (κ3) is 10.3. The Bertz CT molecular complexity index is 536. The number of halogens is 6. The number of sulfonamides is 2. The molecule has 2 N–H and O–H groups in total. The third-order valence-electron chi connectivity index (χ3n) is 2.12. The van der Waals surface area contributed by atoms with Gasteiger partial charge < -0.3 is 4.13 Å². The predicted molar refractivity (Wildman–Crippen MR) is 74.0 cm³/mol. The second kappa shape index (κ2) is 8.64. The minimum Gasteiger partial charge on any atom is -0.421 e. The first kappa shape index (κ1) is 25.6. The highest BCUT2D eigenvalue weighted by Gasteiger charge is 2.46. The van der Waals surface area contributed by atoms with Crippen LogP contribution in [0.3, 0.4) is 0 Å². The van der Waals surface area contributed by atoms with E-state index in [1.54, 1.807) is 0 Å². The molecule has 0 rings (SSSR count). The molecule has 0 saturated carbocycles. The van der Waals surface area contributed by atoms with Crippen LogP contribution in [-0.4, -0.2) is 53.1 Å². The number of hydrogen-bond acceptors (Lipinski definition) is 5. The molecule has 148 valence electrons. The summed E-state index contributed by atoms with van der Waals surface area (Å²) in [5.74, 6) is 5.71. The lowest BCUT2D eigenvalue weighted by molar-refractivity contribution is -0.902. The van der Waals surface area contributed by atoms with Crippen molar-refractivity contribution in [2.45, 2.75) is 37.2 Å². The second-order valence-corrected chi connectivity index (χ2v) is 8.55. The van der Waals surface area contributed by atoms with Crippen LogP contribution in [0, 0.1) is 0 Å². The number of nitrogens with two attached hydrogens (primary N) is 1. The SMILES string of the molecule is CCCCC[N+](C)(C)N.O=S(=O)([N-]S(=O)(=O)C(F)(F)F)C(F)(F)F. The third-order valence-corrected chi connectivity index (χ3v) is 4.86. The second-order valence-electron chi connectivity index (χ2n) is 5.13. The van der Waals surface area contributed by atoms with Crippen molar-refractivity contribution in [3.8, 4) is 0 Å². The molecule has 0 amide bonds. The Morgan fingerprint density at radius 2 is 1.21 bits per heavy atom. The Labute approximate surface area is 136 Å². The fourth-order valence-corrected chi connectivity index (χ4v) is 2.69. The first-order chi connectivity index (χ1) is 10.3. The van der Waals surface area contributed by atoms with E-state index < -0.39 is 31.1 Å². The summed E-state index contributed by atoms with van der Waals surface area (Å²) < 4.78 is 110. The molecule has 0 bridgehead atoms. The summed E-state index contributed by atoms with van der Waals surface area (Å²) in [4.78, 5) is 0. The van der Waals surface area contributed by atoms with Crippen molar-refractivity contribution in [3.05, 3.63) is 4.13 Å². The number of quaternary nitrogens is 1. The highest BCUT2D eigenvalue weighted by Crippen LogP contribution is 2.36. The van der Waals surface area contributed by atoms with E-state index in [9.17, 15) is 43.2 Å². The van der Waals surface area contributed by atoms with Crippen LogP contribution in [0.5, 0.6) is 0 Å². The maximum absolute atomic E-state index is 11.4. The van der Waals surface area contributed by atoms with Crippen molar-refractivity contribution in [3.63, 3.8) is 0 Å². The standard InChI is InChI=1S/C7H19N2.C2F6NO4S2/c1-4-5-6-7-9(2,3)8;3-1(4,5)14(10,11)9-15(12,13)2(6,7)8/h4-8H2,1-3H3;/q+1;-1. The van der Waals surface area contributed by atoms with Crippen LogP contribution >= 0.6 is 0 Å². The molecule has 0 unspecified atom stereocenters. The van der Waals surface area contributed by atoms with Crippen molar-refractivity contribution < 1.29 is 47.8 Å². The van der Waals surface area contributed by atoms with Crippen LogP contribution in [-0.2, 0) is 20.0 Å². The maximum atomic E-state index is 11.4. The molecule has 0 heterocycles. The van der Waals surface area contributed by atoms with Gasteiger partial charge in [-0.3, -0.25) is 4.59 Å². The van der Waals surface area contributed by atoms with Gasteiger partial charge in [0.05, 0.1) is 20.6 Å². The van der Waals surface area contributed by atoms with Gasteiger partial charge in [-0.2, -0.15) is 32.2 Å². The van der Waals surface area contributed by atoms with Crippen LogP contribution in [0.2, 0.25) is 0 Å². The molecule has 0 aliphatic heterocycles. The normalized spacial score (nSPS) is 14.1. The first-order valence-corrected chi connectivity index (χ1v) is 9.13. The number of rotatable bonds is 6. The zero-order valence-electron chi connectivity index (χ0n) is 13.0. The lowest BCUT2D eigenvalue weighted by Gasteiger charge is -2.22. The molecule has 24 heavy (non-hydrogen) atoms. The van der Waals surface area contributed by atoms with Crippen LogP contribution < -0.4 is 5.84 Å². The fourth-order valence-electron chi connectivity index (χ4n) is 0.983. The monoisotopic (exact) mass is 411 g/mol. The van der Waals surface area contributed by atoms with Crippen LogP contribution in [0.1, 0.15) is 26.2 Å². The van der Waals surface area contributed by atoms with Crippen molar-refractivity contribution in [1.29, 1.82) is 0 Å². The van der Waals surface area contributed by atoms with E-state index in [2.05, 4.69) is 6.92 Å². The highest BCUT2D eigenvalue weighted by atomic mass is 32.3. The minimum atomic E-state index is -6.72. The summed E-state index contributed by atoms with van der Waals surface area (Å²) in [5, 5.41) is 0. The molecule has 15 heteroatoms. The molecule has 0 saturated heterocycles. The highest BCUT2D eigenvalue weighted by molar-refractivity contribution is 8.13. The Balaban J connectivity index is 0. The predicted octanol–water partition coefficient (Wildman–Crippen LogP) is 2.19. The molecule has 7 nitrogen and oxygen atoms in total. The van der Waals surface area contributed by atoms with Gasteiger partial charge in [0, 0.05) is 0 Å². The molecule has 0 aromatic heterocycles. The molecule has 0 aromatic rings. The average molecular weight is 411 g/mol. The van der Waals surface area contributed by atoms with Gasteiger partial charge in [0.15, 0.2) is 20.0 Å². The first-order valence-electron chi connectivity index (χ1n) is 6.25. The molecule has 0 radical (unpaired) electrons. The van der Waals surface area contributed by atoms with E-state index in [0.717, 1.165) is 10.7 Å². The summed E-state index contributed by atoms with van der Waals surface area (Å²) in [7, 11) is -9.40. The maximum Gasteiger partial charge on any atom is 0.480 e. The molecule has 0 aliphatic carbocycles. The molecular formula is C9H19F6N3O4S2. The summed E-state index contributed by atoms with van der Waals surface area (Å²) in [6, 6.07) is 0. The molecule has 0 aliphatic rings. The molecule has 0 spiro atoms. The van der Waals surface area contributed by atoms with Gasteiger partial charge in [-0.25, -0.2) is 16.8 Å².